The van der Waals surface area contributed by atoms with Gasteiger partial charge in [0.05, 0.1) is 5.69 Å². The first kappa shape index (κ1) is 14.3. The zero-order valence-corrected chi connectivity index (χ0v) is 13.5. The molecule has 0 unspecified atom stereocenters. The van der Waals surface area contributed by atoms with Crippen molar-refractivity contribution in [2.45, 2.75) is 40.0 Å². The van der Waals surface area contributed by atoms with Gasteiger partial charge in [0.25, 0.3) is 5.91 Å². The first-order valence-corrected chi connectivity index (χ1v) is 8.21. The summed E-state index contributed by atoms with van der Waals surface area (Å²) >= 11 is 1.63. The molecule has 2 aromatic rings. The van der Waals surface area contributed by atoms with Crippen LogP contribution in [0.15, 0.2) is 18.2 Å². The molecule has 4 heteroatoms. The van der Waals surface area contributed by atoms with E-state index in [4.69, 9.17) is 0 Å². The molecule has 3 rings (SSSR count). The summed E-state index contributed by atoms with van der Waals surface area (Å²) in [7, 11) is 0. The normalized spacial score (nSPS) is 17.4. The number of benzene rings is 1. The Kier molecular flexibility index (Phi) is 3.81. The van der Waals surface area contributed by atoms with Crippen molar-refractivity contribution in [2.24, 2.45) is 5.92 Å². The van der Waals surface area contributed by atoms with E-state index in [1.54, 1.807) is 11.3 Å². The van der Waals surface area contributed by atoms with Crippen molar-refractivity contribution in [2.75, 3.05) is 5.32 Å². The fourth-order valence-electron chi connectivity index (χ4n) is 2.87. The van der Waals surface area contributed by atoms with Gasteiger partial charge >= 0.3 is 0 Å². The molecule has 0 bridgehead atoms. The third-order valence-corrected chi connectivity index (χ3v) is 4.93. The van der Waals surface area contributed by atoms with Crippen LogP contribution in [0.1, 0.15) is 45.4 Å². The fourth-order valence-corrected chi connectivity index (χ4v) is 4.03. The second kappa shape index (κ2) is 5.60. The summed E-state index contributed by atoms with van der Waals surface area (Å²) in [6.45, 7) is 6.29. The summed E-state index contributed by atoms with van der Waals surface area (Å²) in [6.07, 6.45) is 3.32. The number of nitrogens with zero attached hydrogens (tertiary/aromatic N) is 1. The number of carbonyl (C=O) groups excluding carboxylic acids is 1. The number of nitrogens with one attached hydrogen (secondary N) is 1. The lowest BCUT2D eigenvalue weighted by Crippen LogP contribution is -2.12. The molecule has 0 spiro atoms. The van der Waals surface area contributed by atoms with Crippen LogP contribution in [0.5, 0.6) is 0 Å². The van der Waals surface area contributed by atoms with E-state index in [0.717, 1.165) is 35.0 Å². The summed E-state index contributed by atoms with van der Waals surface area (Å²) in [6, 6.07) is 5.90. The second-order valence-corrected chi connectivity index (χ2v) is 7.15. The minimum Gasteiger partial charge on any atom is -0.298 e. The third-order valence-electron chi connectivity index (χ3n) is 3.89. The fraction of sp³-hybridized carbons (Fsp3) is 0.412. The van der Waals surface area contributed by atoms with E-state index < -0.39 is 0 Å². The highest BCUT2D eigenvalue weighted by Gasteiger charge is 2.20. The molecule has 1 aromatic carbocycles. The summed E-state index contributed by atoms with van der Waals surface area (Å²) in [5.41, 5.74) is 4.09. The zero-order chi connectivity index (χ0) is 15.0. The van der Waals surface area contributed by atoms with Crippen molar-refractivity contribution in [1.29, 1.82) is 0 Å². The predicted molar refractivity (Wildman–Crippen MR) is 87.2 cm³/mol. The van der Waals surface area contributed by atoms with Gasteiger partial charge < -0.3 is 0 Å². The first-order valence-electron chi connectivity index (χ1n) is 7.39. The molecular weight excluding hydrogens is 280 g/mol. The van der Waals surface area contributed by atoms with Gasteiger partial charge in [0, 0.05) is 10.4 Å². The highest BCUT2D eigenvalue weighted by atomic mass is 32.1. The highest BCUT2D eigenvalue weighted by Crippen LogP contribution is 2.32. The average Bonchev–Trinajstić information content (AvgIpc) is 2.78. The van der Waals surface area contributed by atoms with Crippen LogP contribution >= 0.6 is 11.3 Å². The van der Waals surface area contributed by atoms with Crippen molar-refractivity contribution < 1.29 is 4.79 Å². The number of aryl methyl sites for hydroxylation is 3. The Morgan fingerprint density at radius 3 is 2.71 bits per heavy atom. The molecule has 0 radical (unpaired) electrons. The second-order valence-electron chi connectivity index (χ2n) is 6.07. The molecule has 110 valence electrons. The Bertz CT molecular complexity index is 670. The van der Waals surface area contributed by atoms with E-state index >= 15 is 0 Å². The maximum absolute atomic E-state index is 12.4. The van der Waals surface area contributed by atoms with E-state index in [9.17, 15) is 4.79 Å². The molecule has 1 heterocycles. The lowest BCUT2D eigenvalue weighted by Gasteiger charge is -2.15. The standard InChI is InChI=1S/C17H20N2OS/c1-10-4-5-14-15(9-10)21-17(18-14)19-16(20)13-7-11(2)6-12(3)8-13/h6-8,10H,4-5,9H2,1-3H3,(H,18,19,20)/t10-/m0/s1. The number of hydrogen-bond acceptors (Lipinski definition) is 3. The summed E-state index contributed by atoms with van der Waals surface area (Å²) in [5, 5.41) is 3.69. The molecular formula is C17H20N2OS. The van der Waals surface area contributed by atoms with Crippen LogP contribution in [0.25, 0.3) is 0 Å². The summed E-state index contributed by atoms with van der Waals surface area (Å²) in [5.74, 6) is 0.655. The van der Waals surface area contributed by atoms with E-state index in [1.807, 2.05) is 26.0 Å². The number of hydrogen-bond donors (Lipinski definition) is 1. The molecule has 1 aliphatic rings. The van der Waals surface area contributed by atoms with Gasteiger partial charge in [-0.15, -0.1) is 11.3 Å². The Morgan fingerprint density at radius 2 is 2.00 bits per heavy atom. The largest absolute Gasteiger partial charge is 0.298 e. The molecule has 3 nitrogen and oxygen atoms in total. The van der Waals surface area contributed by atoms with Crippen LogP contribution in [0.3, 0.4) is 0 Å². The smallest absolute Gasteiger partial charge is 0.257 e. The molecule has 0 saturated heterocycles. The van der Waals surface area contributed by atoms with E-state index in [0.29, 0.717) is 5.56 Å². The average molecular weight is 300 g/mol. The number of amides is 1. The van der Waals surface area contributed by atoms with Gasteiger partial charge in [-0.1, -0.05) is 24.1 Å². The number of carbonyl (C=O) groups is 1. The van der Waals surface area contributed by atoms with Crippen LogP contribution < -0.4 is 5.32 Å². The van der Waals surface area contributed by atoms with Crippen LogP contribution in [0.2, 0.25) is 0 Å². The lowest BCUT2D eigenvalue weighted by atomic mass is 9.93. The van der Waals surface area contributed by atoms with Crippen LogP contribution in [-0.2, 0) is 12.8 Å². The SMILES string of the molecule is Cc1cc(C)cc(C(=O)Nc2nc3c(s2)C[C@@H](C)CC3)c1. The third kappa shape index (κ3) is 3.16. The molecule has 1 aromatic heterocycles. The monoisotopic (exact) mass is 300 g/mol. The molecule has 21 heavy (non-hydrogen) atoms. The van der Waals surface area contributed by atoms with Crippen molar-refractivity contribution in [3.05, 3.63) is 45.5 Å². The van der Waals surface area contributed by atoms with E-state index in [2.05, 4.69) is 23.3 Å². The quantitative estimate of drug-likeness (QED) is 0.905. The van der Waals surface area contributed by atoms with Gasteiger partial charge in [-0.2, -0.15) is 0 Å². The van der Waals surface area contributed by atoms with Crippen molar-refractivity contribution >= 4 is 22.4 Å². The Morgan fingerprint density at radius 1 is 1.29 bits per heavy atom. The van der Waals surface area contributed by atoms with Gasteiger partial charge in [-0.25, -0.2) is 4.98 Å². The number of fused-ring (bicyclic) bond motifs is 1. The van der Waals surface area contributed by atoms with Crippen molar-refractivity contribution in [1.82, 2.24) is 4.98 Å². The van der Waals surface area contributed by atoms with E-state index in [1.165, 1.54) is 17.0 Å². The zero-order valence-electron chi connectivity index (χ0n) is 12.7. The van der Waals surface area contributed by atoms with Gasteiger partial charge in [-0.3, -0.25) is 10.1 Å². The Labute approximate surface area is 129 Å². The number of thiazole rings is 1. The molecule has 1 amide bonds. The van der Waals surface area contributed by atoms with Gasteiger partial charge in [0.2, 0.25) is 0 Å². The topological polar surface area (TPSA) is 42.0 Å². The molecule has 0 fully saturated rings. The minimum atomic E-state index is -0.0686. The number of rotatable bonds is 2. The minimum absolute atomic E-state index is 0.0686. The molecule has 1 aliphatic carbocycles. The lowest BCUT2D eigenvalue weighted by molar-refractivity contribution is 0.102. The Balaban J connectivity index is 1.79. The number of anilines is 1. The van der Waals surface area contributed by atoms with Gasteiger partial charge in [0.1, 0.15) is 0 Å². The maximum Gasteiger partial charge on any atom is 0.257 e. The number of aromatic nitrogens is 1. The molecule has 0 saturated carbocycles. The molecule has 1 N–H and O–H groups in total. The van der Waals surface area contributed by atoms with Gasteiger partial charge in [0.15, 0.2) is 5.13 Å². The van der Waals surface area contributed by atoms with Crippen LogP contribution in [0.4, 0.5) is 5.13 Å². The van der Waals surface area contributed by atoms with E-state index in [-0.39, 0.29) is 5.91 Å². The van der Waals surface area contributed by atoms with Crippen LogP contribution in [-0.4, -0.2) is 10.9 Å². The Hall–Kier alpha value is -1.68. The summed E-state index contributed by atoms with van der Waals surface area (Å²) < 4.78 is 0. The first-order chi connectivity index (χ1) is 10.0. The highest BCUT2D eigenvalue weighted by molar-refractivity contribution is 7.15. The van der Waals surface area contributed by atoms with Crippen LogP contribution in [0, 0.1) is 19.8 Å². The van der Waals surface area contributed by atoms with Crippen molar-refractivity contribution in [3.8, 4) is 0 Å². The van der Waals surface area contributed by atoms with Crippen molar-refractivity contribution in [3.63, 3.8) is 0 Å². The molecule has 1 atom stereocenters. The summed E-state index contributed by atoms with van der Waals surface area (Å²) in [4.78, 5) is 18.3. The van der Waals surface area contributed by atoms with Gasteiger partial charge in [-0.05, 0) is 51.2 Å². The maximum atomic E-state index is 12.4. The predicted octanol–water partition coefficient (Wildman–Crippen LogP) is 4.14. The molecule has 0 aliphatic heterocycles.